The molecule has 4 heteroatoms. The molecule has 0 radical (unpaired) electrons. The van der Waals surface area contributed by atoms with E-state index in [9.17, 15) is 4.79 Å². The Balaban J connectivity index is 1.83. The average Bonchev–Trinajstić information content (AvgIpc) is 3.05. The number of aromatic nitrogens is 2. The van der Waals surface area contributed by atoms with Crippen LogP contribution in [0.4, 0.5) is 5.82 Å². The smallest absolute Gasteiger partial charge is 0.226 e. The molecule has 1 atom stereocenters. The second-order valence-electron chi connectivity index (χ2n) is 6.13. The van der Waals surface area contributed by atoms with Crippen LogP contribution in [0.25, 0.3) is 11.3 Å². The Hall–Kier alpha value is -2.88. The van der Waals surface area contributed by atoms with Crippen molar-refractivity contribution in [3.63, 3.8) is 0 Å². The molecule has 1 aliphatic heterocycles. The van der Waals surface area contributed by atoms with Crippen LogP contribution in [0.5, 0.6) is 0 Å². The second-order valence-corrected chi connectivity index (χ2v) is 6.13. The molecule has 120 valence electrons. The SMILES string of the molecule is CCc1ccc([C@@H]2CC(=O)Nc3n[nH]c(-c4ccccc4)c32)cc1. The van der Waals surface area contributed by atoms with Gasteiger partial charge in [0.2, 0.25) is 5.91 Å². The maximum absolute atomic E-state index is 12.1. The van der Waals surface area contributed by atoms with Crippen molar-refractivity contribution in [2.24, 2.45) is 0 Å². The van der Waals surface area contributed by atoms with E-state index in [-0.39, 0.29) is 11.8 Å². The summed E-state index contributed by atoms with van der Waals surface area (Å²) in [6.45, 7) is 2.14. The zero-order valence-electron chi connectivity index (χ0n) is 13.5. The summed E-state index contributed by atoms with van der Waals surface area (Å²) in [6, 6.07) is 18.7. The lowest BCUT2D eigenvalue weighted by atomic mass is 9.84. The molecular weight excluding hydrogens is 298 g/mol. The van der Waals surface area contributed by atoms with Gasteiger partial charge < -0.3 is 5.32 Å². The normalized spacial score (nSPS) is 16.5. The van der Waals surface area contributed by atoms with E-state index < -0.39 is 0 Å². The van der Waals surface area contributed by atoms with Crippen LogP contribution in [-0.4, -0.2) is 16.1 Å². The van der Waals surface area contributed by atoms with Crippen LogP contribution in [0.15, 0.2) is 54.6 Å². The first-order chi connectivity index (χ1) is 11.8. The van der Waals surface area contributed by atoms with Crippen LogP contribution in [0.1, 0.15) is 36.0 Å². The molecule has 2 heterocycles. The predicted octanol–water partition coefficient (Wildman–Crippen LogP) is 4.11. The summed E-state index contributed by atoms with van der Waals surface area (Å²) in [5.41, 5.74) is 5.59. The van der Waals surface area contributed by atoms with E-state index in [1.807, 2.05) is 18.2 Å². The lowest BCUT2D eigenvalue weighted by Gasteiger charge is -2.23. The Labute approximate surface area is 140 Å². The number of hydrogen-bond acceptors (Lipinski definition) is 2. The lowest BCUT2D eigenvalue weighted by molar-refractivity contribution is -0.116. The monoisotopic (exact) mass is 317 g/mol. The summed E-state index contributed by atoms with van der Waals surface area (Å²) in [6.07, 6.45) is 1.45. The number of H-pyrrole nitrogens is 1. The van der Waals surface area contributed by atoms with Gasteiger partial charge in [0.05, 0.1) is 5.69 Å². The molecule has 24 heavy (non-hydrogen) atoms. The highest BCUT2D eigenvalue weighted by molar-refractivity contribution is 5.96. The van der Waals surface area contributed by atoms with Gasteiger partial charge in [0.15, 0.2) is 5.82 Å². The Kier molecular flexibility index (Phi) is 3.65. The van der Waals surface area contributed by atoms with Gasteiger partial charge in [-0.25, -0.2) is 0 Å². The fourth-order valence-corrected chi connectivity index (χ4v) is 3.35. The van der Waals surface area contributed by atoms with Crippen molar-refractivity contribution >= 4 is 11.7 Å². The third kappa shape index (κ3) is 2.50. The number of benzene rings is 2. The van der Waals surface area contributed by atoms with E-state index in [4.69, 9.17) is 0 Å². The molecule has 1 aliphatic rings. The summed E-state index contributed by atoms with van der Waals surface area (Å²) < 4.78 is 0. The van der Waals surface area contributed by atoms with Crippen LogP contribution < -0.4 is 5.32 Å². The van der Waals surface area contributed by atoms with Crippen LogP contribution in [0.2, 0.25) is 0 Å². The number of rotatable bonds is 3. The number of aromatic amines is 1. The summed E-state index contributed by atoms with van der Waals surface area (Å²) >= 11 is 0. The molecule has 0 spiro atoms. The number of hydrogen-bond donors (Lipinski definition) is 2. The van der Waals surface area contributed by atoms with Crippen molar-refractivity contribution in [2.45, 2.75) is 25.7 Å². The van der Waals surface area contributed by atoms with Crippen molar-refractivity contribution in [2.75, 3.05) is 5.32 Å². The molecule has 2 N–H and O–H groups in total. The molecule has 1 aromatic heterocycles. The first kappa shape index (κ1) is 14.7. The summed E-state index contributed by atoms with van der Waals surface area (Å²) in [5.74, 6) is 0.682. The minimum absolute atomic E-state index is 0.0122. The van der Waals surface area contributed by atoms with Crippen LogP contribution in [0, 0.1) is 0 Å². The van der Waals surface area contributed by atoms with Gasteiger partial charge in [0, 0.05) is 17.9 Å². The summed E-state index contributed by atoms with van der Waals surface area (Å²) in [7, 11) is 0. The molecule has 4 nitrogen and oxygen atoms in total. The first-order valence-corrected chi connectivity index (χ1v) is 8.28. The van der Waals surface area contributed by atoms with Crippen LogP contribution in [-0.2, 0) is 11.2 Å². The third-order valence-electron chi connectivity index (χ3n) is 4.65. The molecule has 0 aliphatic carbocycles. The molecule has 3 aromatic rings. The molecule has 1 amide bonds. The number of amides is 1. The van der Waals surface area contributed by atoms with Crippen molar-refractivity contribution in [3.05, 3.63) is 71.3 Å². The number of fused-ring (bicyclic) bond motifs is 1. The minimum atomic E-state index is 0.0122. The Morgan fingerprint density at radius 1 is 1.08 bits per heavy atom. The van der Waals surface area contributed by atoms with Gasteiger partial charge in [0.1, 0.15) is 0 Å². The molecular formula is C20H19N3O. The van der Waals surface area contributed by atoms with Gasteiger partial charge in [-0.3, -0.25) is 9.89 Å². The number of anilines is 1. The Morgan fingerprint density at radius 3 is 2.54 bits per heavy atom. The van der Waals surface area contributed by atoms with E-state index in [2.05, 4.69) is 58.8 Å². The Morgan fingerprint density at radius 2 is 1.83 bits per heavy atom. The minimum Gasteiger partial charge on any atom is -0.309 e. The van der Waals surface area contributed by atoms with Gasteiger partial charge in [-0.1, -0.05) is 61.5 Å². The number of aryl methyl sites for hydroxylation is 1. The number of nitrogens with one attached hydrogen (secondary N) is 2. The van der Waals surface area contributed by atoms with Gasteiger partial charge >= 0.3 is 0 Å². The maximum atomic E-state index is 12.1. The highest BCUT2D eigenvalue weighted by atomic mass is 16.1. The van der Waals surface area contributed by atoms with Gasteiger partial charge in [0.25, 0.3) is 0 Å². The summed E-state index contributed by atoms with van der Waals surface area (Å²) in [4.78, 5) is 12.1. The maximum Gasteiger partial charge on any atom is 0.226 e. The van der Waals surface area contributed by atoms with E-state index in [0.29, 0.717) is 12.2 Å². The van der Waals surface area contributed by atoms with Crippen molar-refractivity contribution < 1.29 is 4.79 Å². The Bertz CT molecular complexity index is 866. The topological polar surface area (TPSA) is 57.8 Å². The first-order valence-electron chi connectivity index (χ1n) is 8.28. The largest absolute Gasteiger partial charge is 0.309 e. The third-order valence-corrected chi connectivity index (χ3v) is 4.65. The molecule has 0 unspecified atom stereocenters. The molecule has 4 rings (SSSR count). The van der Waals surface area contributed by atoms with E-state index >= 15 is 0 Å². The van der Waals surface area contributed by atoms with E-state index in [0.717, 1.165) is 28.8 Å². The lowest BCUT2D eigenvalue weighted by Crippen LogP contribution is -2.23. The molecule has 0 saturated carbocycles. The zero-order chi connectivity index (χ0) is 16.5. The van der Waals surface area contributed by atoms with Crippen LogP contribution >= 0.6 is 0 Å². The molecule has 0 saturated heterocycles. The fourth-order valence-electron chi connectivity index (χ4n) is 3.35. The van der Waals surface area contributed by atoms with E-state index in [1.54, 1.807) is 0 Å². The van der Waals surface area contributed by atoms with E-state index in [1.165, 1.54) is 5.56 Å². The number of nitrogens with zero attached hydrogens (tertiary/aromatic N) is 1. The predicted molar refractivity (Wildman–Crippen MR) is 94.9 cm³/mol. The van der Waals surface area contributed by atoms with Gasteiger partial charge in [-0.15, -0.1) is 0 Å². The van der Waals surface area contributed by atoms with Gasteiger partial charge in [-0.2, -0.15) is 5.10 Å². The van der Waals surface area contributed by atoms with Crippen molar-refractivity contribution in [1.29, 1.82) is 0 Å². The summed E-state index contributed by atoms with van der Waals surface area (Å²) in [5, 5.41) is 10.3. The second kappa shape index (κ2) is 5.96. The standard InChI is InChI=1S/C20H19N3O/c1-2-13-8-10-14(11-9-13)16-12-17(24)21-20-18(16)19(22-23-20)15-6-4-3-5-7-15/h3-11,16H,2,12H2,1H3,(H2,21,22,23,24)/t16-/m0/s1. The fraction of sp³-hybridized carbons (Fsp3) is 0.200. The average molecular weight is 317 g/mol. The number of carbonyl (C=O) groups is 1. The number of carbonyl (C=O) groups excluding carboxylic acids is 1. The zero-order valence-corrected chi connectivity index (χ0v) is 13.5. The molecule has 0 bridgehead atoms. The van der Waals surface area contributed by atoms with Gasteiger partial charge in [-0.05, 0) is 23.1 Å². The quantitative estimate of drug-likeness (QED) is 0.763. The molecule has 2 aromatic carbocycles. The highest BCUT2D eigenvalue weighted by Gasteiger charge is 2.31. The highest BCUT2D eigenvalue weighted by Crippen LogP contribution is 2.41. The van der Waals surface area contributed by atoms with Crippen molar-refractivity contribution in [1.82, 2.24) is 10.2 Å². The van der Waals surface area contributed by atoms with Crippen LogP contribution in [0.3, 0.4) is 0 Å². The van der Waals surface area contributed by atoms with Crippen molar-refractivity contribution in [3.8, 4) is 11.3 Å². The molecule has 0 fully saturated rings.